The number of carbonyl (C=O) groups is 2. The largest absolute Gasteiger partial charge is 0.326 e. The van der Waals surface area contributed by atoms with Gasteiger partial charge in [-0.3, -0.25) is 9.59 Å². The van der Waals surface area contributed by atoms with Crippen LogP contribution in [0.3, 0.4) is 0 Å². The first-order chi connectivity index (χ1) is 12.5. The lowest BCUT2D eigenvalue weighted by atomic mass is 10.2. The molecule has 6 heteroatoms. The number of carbonyl (C=O) groups excluding carboxylic acids is 2. The van der Waals surface area contributed by atoms with E-state index >= 15 is 0 Å². The van der Waals surface area contributed by atoms with Gasteiger partial charge in [0.05, 0.1) is 5.25 Å². The van der Waals surface area contributed by atoms with Gasteiger partial charge in [-0.1, -0.05) is 35.8 Å². The van der Waals surface area contributed by atoms with Crippen molar-refractivity contribution in [1.29, 1.82) is 0 Å². The fraction of sp³-hybridized carbons (Fsp3) is 0.300. The number of nitrogens with one attached hydrogen (secondary N) is 2. The second kappa shape index (κ2) is 10.4. The highest BCUT2D eigenvalue weighted by molar-refractivity contribution is 9.10. The van der Waals surface area contributed by atoms with E-state index in [1.54, 1.807) is 0 Å². The Bertz CT molecular complexity index is 750. The molecule has 0 fully saturated rings. The van der Waals surface area contributed by atoms with Gasteiger partial charge in [-0.15, -0.1) is 11.8 Å². The first-order valence-electron chi connectivity index (χ1n) is 8.64. The summed E-state index contributed by atoms with van der Waals surface area (Å²) in [6, 6.07) is 15.1. The van der Waals surface area contributed by atoms with Gasteiger partial charge in [-0.05, 0) is 55.3 Å². The zero-order chi connectivity index (χ0) is 18.9. The standard InChI is InChI=1S/C20H23BrN2O2S/c1-3-6-19(24)22-16-7-5-8-17(13-16)26-18(4-2)20(25)23-15-11-9-14(21)10-12-15/h5,7-13,18H,3-4,6H2,1-2H3,(H,22,24)(H,23,25). The number of hydrogen-bond donors (Lipinski definition) is 2. The molecule has 0 aliphatic carbocycles. The first kappa shape index (κ1) is 20.5. The first-order valence-corrected chi connectivity index (χ1v) is 10.3. The number of hydrogen-bond acceptors (Lipinski definition) is 3. The molecule has 0 bridgehead atoms. The monoisotopic (exact) mass is 434 g/mol. The lowest BCUT2D eigenvalue weighted by Crippen LogP contribution is -2.24. The lowest BCUT2D eigenvalue weighted by Gasteiger charge is -2.15. The third-order valence-corrected chi connectivity index (χ3v) is 5.53. The summed E-state index contributed by atoms with van der Waals surface area (Å²) in [7, 11) is 0. The van der Waals surface area contributed by atoms with E-state index in [1.807, 2.05) is 62.4 Å². The summed E-state index contributed by atoms with van der Waals surface area (Å²) in [4.78, 5) is 25.3. The number of thioether (sulfide) groups is 1. The fourth-order valence-corrected chi connectivity index (χ4v) is 3.62. The number of benzene rings is 2. The van der Waals surface area contributed by atoms with Crippen molar-refractivity contribution in [3.63, 3.8) is 0 Å². The molecule has 0 spiro atoms. The van der Waals surface area contributed by atoms with E-state index in [4.69, 9.17) is 0 Å². The van der Waals surface area contributed by atoms with Crippen LogP contribution in [-0.4, -0.2) is 17.1 Å². The summed E-state index contributed by atoms with van der Waals surface area (Å²) >= 11 is 4.89. The average molecular weight is 435 g/mol. The maximum atomic E-state index is 12.6. The van der Waals surface area contributed by atoms with Crippen molar-refractivity contribution in [1.82, 2.24) is 0 Å². The minimum absolute atomic E-state index is 0.00896. The Hall–Kier alpha value is -1.79. The smallest absolute Gasteiger partial charge is 0.237 e. The normalized spacial score (nSPS) is 11.7. The van der Waals surface area contributed by atoms with Crippen LogP contribution < -0.4 is 10.6 Å². The highest BCUT2D eigenvalue weighted by atomic mass is 79.9. The summed E-state index contributed by atoms with van der Waals surface area (Å²) in [5, 5.41) is 5.64. The molecule has 1 unspecified atom stereocenters. The van der Waals surface area contributed by atoms with Crippen LogP contribution in [0, 0.1) is 0 Å². The molecule has 2 rings (SSSR count). The SMILES string of the molecule is CCCC(=O)Nc1cccc(SC(CC)C(=O)Nc2ccc(Br)cc2)c1. The van der Waals surface area contributed by atoms with E-state index in [0.717, 1.165) is 27.2 Å². The Labute approximate surface area is 167 Å². The van der Waals surface area contributed by atoms with Gasteiger partial charge < -0.3 is 10.6 Å². The van der Waals surface area contributed by atoms with Crippen molar-refractivity contribution in [3.05, 3.63) is 53.0 Å². The molecule has 0 aromatic heterocycles. The Kier molecular flexibility index (Phi) is 8.19. The van der Waals surface area contributed by atoms with Gasteiger partial charge in [-0.2, -0.15) is 0 Å². The van der Waals surface area contributed by atoms with Gasteiger partial charge >= 0.3 is 0 Å². The van der Waals surface area contributed by atoms with E-state index in [0.29, 0.717) is 12.8 Å². The number of rotatable bonds is 8. The molecule has 0 saturated carbocycles. The zero-order valence-corrected chi connectivity index (χ0v) is 17.3. The van der Waals surface area contributed by atoms with Crippen LogP contribution in [0.2, 0.25) is 0 Å². The number of halogens is 1. The van der Waals surface area contributed by atoms with E-state index in [9.17, 15) is 9.59 Å². The Morgan fingerprint density at radius 1 is 1.04 bits per heavy atom. The molecule has 2 N–H and O–H groups in total. The molecule has 1 atom stereocenters. The molecule has 0 aliphatic rings. The van der Waals surface area contributed by atoms with E-state index in [1.165, 1.54) is 11.8 Å². The molecular formula is C20H23BrN2O2S. The maximum Gasteiger partial charge on any atom is 0.237 e. The van der Waals surface area contributed by atoms with Crippen LogP contribution in [0.15, 0.2) is 57.9 Å². The summed E-state index contributed by atoms with van der Waals surface area (Å²) in [5.74, 6) is -0.0186. The Morgan fingerprint density at radius 2 is 1.77 bits per heavy atom. The lowest BCUT2D eigenvalue weighted by molar-refractivity contribution is -0.116. The fourth-order valence-electron chi connectivity index (χ4n) is 2.34. The Balaban J connectivity index is 2.01. The van der Waals surface area contributed by atoms with E-state index < -0.39 is 0 Å². The van der Waals surface area contributed by atoms with Crippen molar-refractivity contribution >= 4 is 50.9 Å². The van der Waals surface area contributed by atoms with Gasteiger partial charge in [0.15, 0.2) is 0 Å². The van der Waals surface area contributed by atoms with Gasteiger partial charge in [0.25, 0.3) is 0 Å². The van der Waals surface area contributed by atoms with Crippen molar-refractivity contribution in [3.8, 4) is 0 Å². The highest BCUT2D eigenvalue weighted by Crippen LogP contribution is 2.28. The van der Waals surface area contributed by atoms with E-state index in [2.05, 4.69) is 26.6 Å². The Morgan fingerprint density at radius 3 is 2.42 bits per heavy atom. The molecular weight excluding hydrogens is 412 g/mol. The molecule has 2 amide bonds. The second-order valence-corrected chi connectivity index (χ2v) is 8.03. The van der Waals surface area contributed by atoms with Crippen LogP contribution in [0.25, 0.3) is 0 Å². The van der Waals surface area contributed by atoms with Gasteiger partial charge in [0.2, 0.25) is 11.8 Å². The zero-order valence-electron chi connectivity index (χ0n) is 14.9. The maximum absolute atomic E-state index is 12.6. The van der Waals surface area contributed by atoms with Crippen molar-refractivity contribution < 1.29 is 9.59 Å². The molecule has 138 valence electrons. The van der Waals surface area contributed by atoms with Crippen molar-refractivity contribution in [2.24, 2.45) is 0 Å². The predicted octanol–water partition coefficient (Wildman–Crippen LogP) is 5.70. The van der Waals surface area contributed by atoms with Crippen molar-refractivity contribution in [2.45, 2.75) is 43.3 Å². The highest BCUT2D eigenvalue weighted by Gasteiger charge is 2.18. The van der Waals surface area contributed by atoms with Crippen LogP contribution in [0.4, 0.5) is 11.4 Å². The van der Waals surface area contributed by atoms with Crippen LogP contribution >= 0.6 is 27.7 Å². The topological polar surface area (TPSA) is 58.2 Å². The van der Waals surface area contributed by atoms with Crippen LogP contribution in [-0.2, 0) is 9.59 Å². The summed E-state index contributed by atoms with van der Waals surface area (Å²) in [5.41, 5.74) is 1.54. The second-order valence-electron chi connectivity index (χ2n) is 5.84. The van der Waals surface area contributed by atoms with Crippen LogP contribution in [0.5, 0.6) is 0 Å². The third kappa shape index (κ3) is 6.50. The molecule has 0 radical (unpaired) electrons. The molecule has 2 aromatic carbocycles. The van der Waals surface area contributed by atoms with E-state index in [-0.39, 0.29) is 17.1 Å². The van der Waals surface area contributed by atoms with Crippen LogP contribution in [0.1, 0.15) is 33.1 Å². The van der Waals surface area contributed by atoms with Gasteiger partial charge in [-0.25, -0.2) is 0 Å². The van der Waals surface area contributed by atoms with Gasteiger partial charge in [0, 0.05) is 27.2 Å². The molecule has 0 saturated heterocycles. The summed E-state index contributed by atoms with van der Waals surface area (Å²) in [6.45, 7) is 3.97. The molecule has 26 heavy (non-hydrogen) atoms. The summed E-state index contributed by atoms with van der Waals surface area (Å²) < 4.78 is 0.971. The minimum Gasteiger partial charge on any atom is -0.326 e. The molecule has 2 aromatic rings. The van der Waals surface area contributed by atoms with Gasteiger partial charge in [0.1, 0.15) is 0 Å². The molecule has 0 heterocycles. The molecule has 4 nitrogen and oxygen atoms in total. The average Bonchev–Trinajstić information content (AvgIpc) is 2.62. The number of amides is 2. The summed E-state index contributed by atoms with van der Waals surface area (Å²) in [6.07, 6.45) is 2.03. The quantitative estimate of drug-likeness (QED) is 0.523. The number of anilines is 2. The minimum atomic E-state index is -0.208. The molecule has 0 aliphatic heterocycles. The predicted molar refractivity (Wildman–Crippen MR) is 113 cm³/mol. The third-order valence-electron chi connectivity index (χ3n) is 3.65. The van der Waals surface area contributed by atoms with Crippen molar-refractivity contribution in [2.75, 3.05) is 10.6 Å².